The molecule has 2 aromatic rings. The van der Waals surface area contributed by atoms with Gasteiger partial charge in [0.15, 0.2) is 0 Å². The lowest BCUT2D eigenvalue weighted by Gasteiger charge is -2.10. The Kier molecular flexibility index (Phi) is 4.39. The zero-order valence-corrected chi connectivity index (χ0v) is 10.8. The van der Waals surface area contributed by atoms with Crippen molar-refractivity contribution in [2.45, 2.75) is 0 Å². The minimum Gasteiger partial charge on any atom is -0.497 e. The Morgan fingerprint density at radius 1 is 1.10 bits per heavy atom. The number of hydrogen-bond donors (Lipinski definition) is 2. The molecule has 0 heterocycles. The molecule has 0 bridgehead atoms. The van der Waals surface area contributed by atoms with Gasteiger partial charge in [0.05, 0.1) is 12.7 Å². The van der Waals surface area contributed by atoms with Crippen LogP contribution in [0.1, 0.15) is 10.4 Å². The Hall–Kier alpha value is -2.31. The Bertz CT molecular complexity index is 598. The van der Waals surface area contributed by atoms with Gasteiger partial charge in [-0.25, -0.2) is 4.79 Å². The van der Waals surface area contributed by atoms with Gasteiger partial charge in [0.25, 0.3) is 0 Å². The van der Waals surface area contributed by atoms with E-state index < -0.39 is 13.1 Å². The number of esters is 1. The molecule has 0 aliphatic rings. The maximum atomic E-state index is 11.9. The molecule has 2 rings (SSSR count). The van der Waals surface area contributed by atoms with Crippen molar-refractivity contribution < 1.29 is 24.3 Å². The Balaban J connectivity index is 2.20. The fourth-order valence-corrected chi connectivity index (χ4v) is 1.71. The summed E-state index contributed by atoms with van der Waals surface area (Å²) >= 11 is 0. The number of hydrogen-bond acceptors (Lipinski definition) is 5. The smallest absolute Gasteiger partial charge is 0.492 e. The average molecular weight is 272 g/mol. The van der Waals surface area contributed by atoms with Crippen molar-refractivity contribution in [2.24, 2.45) is 0 Å². The van der Waals surface area contributed by atoms with Gasteiger partial charge in [-0.05, 0) is 18.2 Å². The maximum absolute atomic E-state index is 11.9. The van der Waals surface area contributed by atoms with E-state index in [4.69, 9.17) is 19.5 Å². The van der Waals surface area contributed by atoms with Crippen LogP contribution in [-0.2, 0) is 0 Å². The van der Waals surface area contributed by atoms with Crippen molar-refractivity contribution in [3.63, 3.8) is 0 Å². The minimum absolute atomic E-state index is 0.201. The van der Waals surface area contributed by atoms with Gasteiger partial charge < -0.3 is 19.5 Å². The van der Waals surface area contributed by atoms with Crippen LogP contribution in [0, 0.1) is 0 Å². The van der Waals surface area contributed by atoms with Crippen molar-refractivity contribution in [3.8, 4) is 11.5 Å². The predicted molar refractivity (Wildman–Crippen MR) is 74.2 cm³/mol. The van der Waals surface area contributed by atoms with Gasteiger partial charge in [-0.15, -0.1) is 0 Å². The molecule has 5 nitrogen and oxygen atoms in total. The lowest BCUT2D eigenvalue weighted by atomic mass is 9.79. The van der Waals surface area contributed by atoms with Crippen LogP contribution in [-0.4, -0.2) is 30.2 Å². The van der Waals surface area contributed by atoms with E-state index in [0.29, 0.717) is 5.56 Å². The second kappa shape index (κ2) is 6.23. The Morgan fingerprint density at radius 2 is 1.80 bits per heavy atom. The molecule has 0 spiro atoms. The van der Waals surface area contributed by atoms with E-state index in [1.165, 1.54) is 25.3 Å². The van der Waals surface area contributed by atoms with Crippen LogP contribution in [0.4, 0.5) is 0 Å². The highest BCUT2D eigenvalue weighted by Crippen LogP contribution is 2.19. The number of ether oxygens (including phenoxy) is 2. The first-order valence-electron chi connectivity index (χ1n) is 5.93. The highest BCUT2D eigenvalue weighted by Gasteiger charge is 2.18. The van der Waals surface area contributed by atoms with Gasteiger partial charge in [-0.1, -0.05) is 24.3 Å². The van der Waals surface area contributed by atoms with Gasteiger partial charge in [0.1, 0.15) is 11.5 Å². The molecule has 102 valence electrons. The number of rotatable bonds is 4. The summed E-state index contributed by atoms with van der Waals surface area (Å²) in [4.78, 5) is 11.9. The molecule has 0 saturated carbocycles. The number of benzene rings is 2. The standard InChI is InChI=1S/C14H13BO5/c1-19-13-9-11(7-8-12(13)15(17)18)20-14(16)10-5-3-2-4-6-10/h2-9,17-18H,1H3. The molecular weight excluding hydrogens is 259 g/mol. The predicted octanol–water partition coefficient (Wildman–Crippen LogP) is 0.594. The van der Waals surface area contributed by atoms with Crippen LogP contribution >= 0.6 is 0 Å². The summed E-state index contributed by atoms with van der Waals surface area (Å²) in [5.74, 6) is 0.00316. The van der Waals surface area contributed by atoms with Crippen molar-refractivity contribution in [2.75, 3.05) is 7.11 Å². The van der Waals surface area contributed by atoms with E-state index in [-0.39, 0.29) is 17.0 Å². The van der Waals surface area contributed by atoms with Gasteiger partial charge in [-0.3, -0.25) is 0 Å². The van der Waals surface area contributed by atoms with Crippen molar-refractivity contribution in [1.82, 2.24) is 0 Å². The fourth-order valence-electron chi connectivity index (χ4n) is 1.71. The molecule has 0 unspecified atom stereocenters. The molecule has 2 aromatic carbocycles. The van der Waals surface area contributed by atoms with E-state index in [1.807, 2.05) is 0 Å². The molecule has 0 atom stereocenters. The fraction of sp³-hybridized carbons (Fsp3) is 0.0714. The molecule has 0 saturated heterocycles. The molecule has 0 radical (unpaired) electrons. The van der Waals surface area contributed by atoms with Crippen LogP contribution in [0.2, 0.25) is 0 Å². The third kappa shape index (κ3) is 3.17. The Morgan fingerprint density at radius 3 is 2.40 bits per heavy atom. The first-order valence-corrected chi connectivity index (χ1v) is 5.93. The van der Waals surface area contributed by atoms with E-state index >= 15 is 0 Å². The molecule has 6 heteroatoms. The van der Waals surface area contributed by atoms with Crippen molar-refractivity contribution in [1.29, 1.82) is 0 Å². The molecule has 0 aromatic heterocycles. The highest BCUT2D eigenvalue weighted by atomic mass is 16.5. The zero-order valence-electron chi connectivity index (χ0n) is 10.8. The monoisotopic (exact) mass is 272 g/mol. The molecule has 20 heavy (non-hydrogen) atoms. The summed E-state index contributed by atoms with van der Waals surface area (Å²) in [6, 6.07) is 12.9. The molecular formula is C14H13BO5. The summed E-state index contributed by atoms with van der Waals surface area (Å²) in [5, 5.41) is 18.3. The largest absolute Gasteiger partial charge is 0.497 e. The SMILES string of the molecule is COc1cc(OC(=O)c2ccccc2)ccc1B(O)O. The van der Waals surface area contributed by atoms with Crippen molar-refractivity contribution in [3.05, 3.63) is 54.1 Å². The van der Waals surface area contributed by atoms with Crippen LogP contribution in [0.15, 0.2) is 48.5 Å². The first-order chi connectivity index (χ1) is 9.61. The molecule has 0 aliphatic carbocycles. The van der Waals surface area contributed by atoms with Crippen molar-refractivity contribution >= 4 is 18.6 Å². The van der Waals surface area contributed by atoms with Crippen LogP contribution < -0.4 is 14.9 Å². The summed E-state index contributed by atoms with van der Waals surface area (Å²) in [5.41, 5.74) is 0.629. The number of carbonyl (C=O) groups is 1. The lowest BCUT2D eigenvalue weighted by molar-refractivity contribution is 0.0734. The summed E-state index contributed by atoms with van der Waals surface area (Å²) in [6.07, 6.45) is 0. The number of methoxy groups -OCH3 is 1. The van der Waals surface area contributed by atoms with Gasteiger partial charge in [0.2, 0.25) is 0 Å². The van der Waals surface area contributed by atoms with E-state index in [1.54, 1.807) is 30.3 Å². The second-order valence-corrected chi connectivity index (χ2v) is 4.03. The van der Waals surface area contributed by atoms with Crippen LogP contribution in [0.5, 0.6) is 11.5 Å². The quantitative estimate of drug-likeness (QED) is 0.484. The Labute approximate surface area is 116 Å². The van der Waals surface area contributed by atoms with Crippen LogP contribution in [0.3, 0.4) is 0 Å². The highest BCUT2D eigenvalue weighted by molar-refractivity contribution is 6.59. The normalized spacial score (nSPS) is 9.95. The van der Waals surface area contributed by atoms with Crippen LogP contribution in [0.25, 0.3) is 0 Å². The number of carbonyl (C=O) groups excluding carboxylic acids is 1. The molecule has 0 amide bonds. The van der Waals surface area contributed by atoms with Gasteiger partial charge in [0, 0.05) is 11.5 Å². The average Bonchev–Trinajstić information content (AvgIpc) is 2.47. The summed E-state index contributed by atoms with van der Waals surface area (Å²) in [6.45, 7) is 0. The summed E-state index contributed by atoms with van der Waals surface area (Å²) in [7, 11) is -0.256. The third-order valence-electron chi connectivity index (χ3n) is 2.70. The molecule has 2 N–H and O–H groups in total. The molecule has 0 fully saturated rings. The third-order valence-corrected chi connectivity index (χ3v) is 2.70. The maximum Gasteiger partial charge on any atom is 0.492 e. The minimum atomic E-state index is -1.65. The van der Waals surface area contributed by atoms with E-state index in [0.717, 1.165) is 0 Å². The van der Waals surface area contributed by atoms with E-state index in [2.05, 4.69) is 0 Å². The summed E-state index contributed by atoms with van der Waals surface area (Å²) < 4.78 is 10.2. The van der Waals surface area contributed by atoms with Gasteiger partial charge >= 0.3 is 13.1 Å². The topological polar surface area (TPSA) is 76.0 Å². The molecule has 0 aliphatic heterocycles. The zero-order chi connectivity index (χ0) is 14.5. The second-order valence-electron chi connectivity index (χ2n) is 4.03. The van der Waals surface area contributed by atoms with Gasteiger partial charge in [-0.2, -0.15) is 0 Å². The lowest BCUT2D eigenvalue weighted by Crippen LogP contribution is -2.31. The first kappa shape index (κ1) is 14.1. The van der Waals surface area contributed by atoms with E-state index in [9.17, 15) is 4.79 Å².